The maximum absolute atomic E-state index is 13.8. The predicted molar refractivity (Wildman–Crippen MR) is 89.1 cm³/mol. The molecule has 0 aromatic heterocycles. The van der Waals surface area contributed by atoms with E-state index in [-0.39, 0.29) is 11.4 Å². The zero-order valence-corrected chi connectivity index (χ0v) is 13.6. The standard InChI is InChI=1S/C18H19FN2O3/c1-3-24-16-10-9-14(11-15(16)19)20-17(22)18(23)21(2)12-13-7-5-4-6-8-13/h4-11H,3,12H2,1-2H3,(H,20,22). The van der Waals surface area contributed by atoms with Crippen molar-refractivity contribution in [2.75, 3.05) is 19.0 Å². The highest BCUT2D eigenvalue weighted by Crippen LogP contribution is 2.21. The highest BCUT2D eigenvalue weighted by Gasteiger charge is 2.19. The second kappa shape index (κ2) is 8.10. The smallest absolute Gasteiger partial charge is 0.313 e. The summed E-state index contributed by atoms with van der Waals surface area (Å²) < 4.78 is 18.8. The van der Waals surface area contributed by atoms with Crippen LogP contribution in [0.3, 0.4) is 0 Å². The van der Waals surface area contributed by atoms with Crippen molar-refractivity contribution in [1.29, 1.82) is 0 Å². The van der Waals surface area contributed by atoms with E-state index in [0.717, 1.165) is 11.6 Å². The number of benzene rings is 2. The van der Waals surface area contributed by atoms with Gasteiger partial charge < -0.3 is 15.0 Å². The van der Waals surface area contributed by atoms with E-state index in [0.29, 0.717) is 13.2 Å². The van der Waals surface area contributed by atoms with E-state index in [9.17, 15) is 14.0 Å². The van der Waals surface area contributed by atoms with Crippen molar-refractivity contribution in [3.63, 3.8) is 0 Å². The van der Waals surface area contributed by atoms with Crippen LogP contribution < -0.4 is 10.1 Å². The van der Waals surface area contributed by atoms with Gasteiger partial charge in [-0.15, -0.1) is 0 Å². The van der Waals surface area contributed by atoms with Gasteiger partial charge in [-0.25, -0.2) is 4.39 Å². The lowest BCUT2D eigenvalue weighted by molar-refractivity contribution is -0.142. The van der Waals surface area contributed by atoms with Crippen molar-refractivity contribution in [2.45, 2.75) is 13.5 Å². The van der Waals surface area contributed by atoms with Crippen molar-refractivity contribution in [2.24, 2.45) is 0 Å². The number of likely N-dealkylation sites (N-methyl/N-ethyl adjacent to an activating group) is 1. The number of halogens is 1. The number of anilines is 1. The Labute approximate surface area is 140 Å². The zero-order chi connectivity index (χ0) is 17.5. The van der Waals surface area contributed by atoms with Crippen LogP contribution in [0.15, 0.2) is 48.5 Å². The summed E-state index contributed by atoms with van der Waals surface area (Å²) in [6.07, 6.45) is 0. The van der Waals surface area contributed by atoms with Gasteiger partial charge >= 0.3 is 11.8 Å². The van der Waals surface area contributed by atoms with Crippen LogP contribution in [0, 0.1) is 5.82 Å². The van der Waals surface area contributed by atoms with Crippen molar-refractivity contribution >= 4 is 17.5 Å². The Morgan fingerprint density at radius 2 is 1.88 bits per heavy atom. The highest BCUT2D eigenvalue weighted by atomic mass is 19.1. The Hall–Kier alpha value is -2.89. The molecule has 2 amide bonds. The molecule has 0 saturated carbocycles. The third-order valence-electron chi connectivity index (χ3n) is 3.29. The molecule has 0 aliphatic rings. The molecule has 5 nitrogen and oxygen atoms in total. The Morgan fingerprint density at radius 1 is 1.17 bits per heavy atom. The predicted octanol–water partition coefficient (Wildman–Crippen LogP) is 2.82. The van der Waals surface area contributed by atoms with Crippen molar-refractivity contribution in [3.05, 3.63) is 59.9 Å². The Morgan fingerprint density at radius 3 is 2.50 bits per heavy atom. The van der Waals surface area contributed by atoms with Crippen molar-refractivity contribution in [3.8, 4) is 5.75 Å². The van der Waals surface area contributed by atoms with E-state index < -0.39 is 17.6 Å². The van der Waals surface area contributed by atoms with Gasteiger partial charge in [0, 0.05) is 25.3 Å². The SMILES string of the molecule is CCOc1ccc(NC(=O)C(=O)N(C)Cc2ccccc2)cc1F. The molecule has 0 aliphatic carbocycles. The van der Waals surface area contributed by atoms with Crippen molar-refractivity contribution < 1.29 is 18.7 Å². The molecule has 6 heteroatoms. The maximum Gasteiger partial charge on any atom is 0.313 e. The van der Waals surface area contributed by atoms with Gasteiger partial charge in [-0.05, 0) is 24.6 Å². The van der Waals surface area contributed by atoms with Gasteiger partial charge in [0.2, 0.25) is 0 Å². The van der Waals surface area contributed by atoms with Gasteiger partial charge in [0.05, 0.1) is 6.61 Å². The fourth-order valence-electron chi connectivity index (χ4n) is 2.14. The number of hydrogen-bond acceptors (Lipinski definition) is 3. The Balaban J connectivity index is 1.98. The molecule has 2 aromatic rings. The molecular weight excluding hydrogens is 311 g/mol. The highest BCUT2D eigenvalue weighted by molar-refractivity contribution is 6.39. The summed E-state index contributed by atoms with van der Waals surface area (Å²) in [4.78, 5) is 25.4. The fraction of sp³-hybridized carbons (Fsp3) is 0.222. The zero-order valence-electron chi connectivity index (χ0n) is 13.6. The minimum absolute atomic E-state index is 0.100. The summed E-state index contributed by atoms with van der Waals surface area (Å²) in [6, 6.07) is 13.3. The van der Waals surface area contributed by atoms with Crippen LogP contribution in [-0.2, 0) is 16.1 Å². The molecule has 24 heavy (non-hydrogen) atoms. The van der Waals surface area contributed by atoms with Gasteiger partial charge in [-0.3, -0.25) is 9.59 Å². The fourth-order valence-corrected chi connectivity index (χ4v) is 2.14. The van der Waals surface area contributed by atoms with Crippen LogP contribution in [0.4, 0.5) is 10.1 Å². The molecule has 2 aromatic carbocycles. The van der Waals surface area contributed by atoms with Crippen LogP contribution in [-0.4, -0.2) is 30.4 Å². The molecule has 0 unspecified atom stereocenters. The number of ether oxygens (including phenoxy) is 1. The first-order valence-corrected chi connectivity index (χ1v) is 7.54. The number of rotatable bonds is 5. The summed E-state index contributed by atoms with van der Waals surface area (Å²) in [6.45, 7) is 2.40. The molecule has 0 spiro atoms. The second-order valence-electron chi connectivity index (χ2n) is 5.18. The number of amides is 2. The molecule has 0 aliphatic heterocycles. The third-order valence-corrected chi connectivity index (χ3v) is 3.29. The van der Waals surface area contributed by atoms with E-state index >= 15 is 0 Å². The van der Waals surface area contributed by atoms with Gasteiger partial charge in [0.15, 0.2) is 11.6 Å². The van der Waals surface area contributed by atoms with Crippen LogP contribution in [0.1, 0.15) is 12.5 Å². The first-order valence-electron chi connectivity index (χ1n) is 7.54. The number of carbonyl (C=O) groups is 2. The van der Waals surface area contributed by atoms with Gasteiger partial charge in [-0.1, -0.05) is 30.3 Å². The average molecular weight is 330 g/mol. The van der Waals surface area contributed by atoms with Gasteiger partial charge in [-0.2, -0.15) is 0 Å². The molecular formula is C18H19FN2O3. The van der Waals surface area contributed by atoms with Crippen LogP contribution in [0.2, 0.25) is 0 Å². The molecule has 0 fully saturated rings. The lowest BCUT2D eigenvalue weighted by Crippen LogP contribution is -2.36. The number of carbonyl (C=O) groups excluding carboxylic acids is 2. The van der Waals surface area contributed by atoms with Crippen molar-refractivity contribution in [1.82, 2.24) is 4.90 Å². The quantitative estimate of drug-likeness (QED) is 0.858. The lowest BCUT2D eigenvalue weighted by atomic mass is 10.2. The first-order chi connectivity index (χ1) is 11.5. The second-order valence-corrected chi connectivity index (χ2v) is 5.18. The number of hydrogen-bond donors (Lipinski definition) is 1. The molecule has 1 N–H and O–H groups in total. The molecule has 0 saturated heterocycles. The topological polar surface area (TPSA) is 58.6 Å². The van der Waals surface area contributed by atoms with Gasteiger partial charge in [0.25, 0.3) is 0 Å². The van der Waals surface area contributed by atoms with Crippen LogP contribution in [0.5, 0.6) is 5.75 Å². The van der Waals surface area contributed by atoms with E-state index in [1.165, 1.54) is 24.1 Å². The van der Waals surface area contributed by atoms with E-state index in [1.807, 2.05) is 30.3 Å². The first kappa shape index (κ1) is 17.5. The molecule has 0 heterocycles. The Kier molecular flexibility index (Phi) is 5.89. The molecule has 126 valence electrons. The molecule has 0 atom stereocenters. The molecule has 2 rings (SSSR count). The maximum atomic E-state index is 13.8. The summed E-state index contributed by atoms with van der Waals surface area (Å²) in [5.41, 5.74) is 1.11. The molecule has 0 bridgehead atoms. The summed E-state index contributed by atoms with van der Waals surface area (Å²) in [5, 5.41) is 2.39. The Bertz CT molecular complexity index is 719. The molecule has 0 radical (unpaired) electrons. The summed E-state index contributed by atoms with van der Waals surface area (Å²) in [5.74, 6) is -2.02. The van der Waals surface area contributed by atoms with Crippen LogP contribution in [0.25, 0.3) is 0 Å². The summed E-state index contributed by atoms with van der Waals surface area (Å²) in [7, 11) is 1.54. The van der Waals surface area contributed by atoms with Crippen LogP contribution >= 0.6 is 0 Å². The lowest BCUT2D eigenvalue weighted by Gasteiger charge is -2.17. The minimum atomic E-state index is -0.822. The van der Waals surface area contributed by atoms with E-state index in [4.69, 9.17) is 4.74 Å². The number of nitrogens with one attached hydrogen (secondary N) is 1. The average Bonchev–Trinajstić information content (AvgIpc) is 2.57. The van der Waals surface area contributed by atoms with E-state index in [1.54, 1.807) is 6.92 Å². The van der Waals surface area contributed by atoms with E-state index in [2.05, 4.69) is 5.32 Å². The number of nitrogens with zero attached hydrogens (tertiary/aromatic N) is 1. The monoisotopic (exact) mass is 330 g/mol. The summed E-state index contributed by atoms with van der Waals surface area (Å²) >= 11 is 0. The largest absolute Gasteiger partial charge is 0.491 e. The third kappa shape index (κ3) is 4.55. The minimum Gasteiger partial charge on any atom is -0.491 e. The van der Waals surface area contributed by atoms with Gasteiger partial charge in [0.1, 0.15) is 0 Å². The normalized spacial score (nSPS) is 10.1.